The van der Waals surface area contributed by atoms with Crippen molar-refractivity contribution in [2.24, 2.45) is 5.92 Å². The zero-order valence-corrected chi connectivity index (χ0v) is 19.0. The molecule has 0 spiro atoms. The summed E-state index contributed by atoms with van der Waals surface area (Å²) in [5.41, 5.74) is 0.323. The molecular formula is C20H30ClNO6S. The normalized spacial score (nSPS) is 19.1. The molecule has 1 aliphatic rings. The minimum absolute atomic E-state index is 0.0213. The fourth-order valence-electron chi connectivity index (χ4n) is 3.30. The molecule has 1 aromatic rings. The summed E-state index contributed by atoms with van der Waals surface area (Å²) in [5.74, 6) is 0.0213. The first-order chi connectivity index (χ1) is 13.4. The van der Waals surface area contributed by atoms with Gasteiger partial charge in [0.05, 0.1) is 25.6 Å². The molecule has 1 amide bonds. The third-order valence-corrected chi connectivity index (χ3v) is 5.22. The smallest absolute Gasteiger partial charge is 0.410 e. The van der Waals surface area contributed by atoms with E-state index in [2.05, 4.69) is 0 Å². The lowest BCUT2D eigenvalue weighted by Crippen LogP contribution is -2.44. The summed E-state index contributed by atoms with van der Waals surface area (Å²) < 4.78 is 38.6. The molecular weight excluding hydrogens is 418 g/mol. The van der Waals surface area contributed by atoms with Gasteiger partial charge in [0.1, 0.15) is 5.60 Å². The van der Waals surface area contributed by atoms with Gasteiger partial charge in [0.15, 0.2) is 0 Å². The van der Waals surface area contributed by atoms with Gasteiger partial charge in [-0.25, -0.2) is 4.79 Å². The van der Waals surface area contributed by atoms with Crippen LogP contribution in [0.15, 0.2) is 24.3 Å². The minimum Gasteiger partial charge on any atom is -0.444 e. The third-order valence-electron chi connectivity index (χ3n) is 4.39. The molecule has 7 nitrogen and oxygen atoms in total. The Balaban J connectivity index is 2.11. The minimum atomic E-state index is -3.53. The van der Waals surface area contributed by atoms with Crippen molar-refractivity contribution in [2.45, 2.75) is 45.3 Å². The van der Waals surface area contributed by atoms with Crippen LogP contribution in [0.2, 0.25) is 5.02 Å². The average molecular weight is 448 g/mol. The molecule has 1 aromatic carbocycles. The van der Waals surface area contributed by atoms with E-state index in [0.717, 1.165) is 24.7 Å². The number of amides is 1. The van der Waals surface area contributed by atoms with Crippen LogP contribution in [0.3, 0.4) is 0 Å². The van der Waals surface area contributed by atoms with Crippen molar-refractivity contribution in [1.82, 2.24) is 4.90 Å². The number of nitrogens with zero attached hydrogens (tertiary/aromatic N) is 1. The zero-order chi connectivity index (χ0) is 21.7. The van der Waals surface area contributed by atoms with Gasteiger partial charge in [0.2, 0.25) is 0 Å². The maximum atomic E-state index is 12.5. The van der Waals surface area contributed by atoms with E-state index < -0.39 is 15.7 Å². The average Bonchev–Trinajstić information content (AvgIpc) is 2.59. The number of hydrogen-bond donors (Lipinski definition) is 0. The molecule has 29 heavy (non-hydrogen) atoms. The number of carbonyl (C=O) groups is 1. The number of benzene rings is 1. The number of carbonyl (C=O) groups excluding carboxylic acids is 1. The van der Waals surface area contributed by atoms with Crippen LogP contribution in [0, 0.1) is 5.92 Å². The van der Waals surface area contributed by atoms with Crippen molar-refractivity contribution in [3.05, 3.63) is 34.9 Å². The highest BCUT2D eigenvalue weighted by Gasteiger charge is 2.33. The van der Waals surface area contributed by atoms with Crippen molar-refractivity contribution in [3.63, 3.8) is 0 Å². The maximum Gasteiger partial charge on any atom is 0.410 e. The predicted octanol–water partition coefficient (Wildman–Crippen LogP) is 4.02. The van der Waals surface area contributed by atoms with Gasteiger partial charge in [0, 0.05) is 24.0 Å². The van der Waals surface area contributed by atoms with E-state index in [4.69, 9.17) is 25.3 Å². The van der Waals surface area contributed by atoms with E-state index >= 15 is 0 Å². The summed E-state index contributed by atoms with van der Waals surface area (Å²) >= 11 is 6.16. The summed E-state index contributed by atoms with van der Waals surface area (Å²) in [6.45, 7) is 6.67. The summed E-state index contributed by atoms with van der Waals surface area (Å²) in [6.07, 6.45) is 2.00. The Morgan fingerprint density at radius 1 is 1.31 bits per heavy atom. The number of rotatable bonds is 7. The van der Waals surface area contributed by atoms with Crippen LogP contribution in [0.4, 0.5) is 4.79 Å². The van der Waals surface area contributed by atoms with Crippen molar-refractivity contribution >= 4 is 27.8 Å². The Labute approximate surface area is 178 Å². The number of likely N-dealkylation sites (tertiary alicyclic amines) is 1. The Morgan fingerprint density at radius 2 is 2.03 bits per heavy atom. The van der Waals surface area contributed by atoms with Crippen molar-refractivity contribution in [1.29, 1.82) is 0 Å². The van der Waals surface area contributed by atoms with E-state index in [-0.39, 0.29) is 31.3 Å². The lowest BCUT2D eigenvalue weighted by atomic mass is 9.88. The first kappa shape index (κ1) is 23.9. The van der Waals surface area contributed by atoms with E-state index in [1.807, 2.05) is 39.0 Å². The Hall–Kier alpha value is -1.35. The van der Waals surface area contributed by atoms with E-state index in [9.17, 15) is 13.2 Å². The molecule has 0 unspecified atom stereocenters. The molecule has 0 radical (unpaired) electrons. The zero-order valence-electron chi connectivity index (χ0n) is 17.4. The molecule has 2 atom stereocenters. The Morgan fingerprint density at radius 3 is 2.66 bits per heavy atom. The van der Waals surface area contributed by atoms with E-state index in [1.54, 1.807) is 11.0 Å². The van der Waals surface area contributed by atoms with Crippen LogP contribution in [-0.4, -0.2) is 57.6 Å². The summed E-state index contributed by atoms with van der Waals surface area (Å²) in [4.78, 5) is 14.2. The third kappa shape index (κ3) is 8.50. The molecule has 0 N–H and O–H groups in total. The number of ether oxygens (including phenoxy) is 2. The van der Waals surface area contributed by atoms with Crippen LogP contribution in [0.1, 0.15) is 45.3 Å². The molecule has 0 aliphatic carbocycles. The van der Waals surface area contributed by atoms with Crippen LogP contribution < -0.4 is 0 Å². The van der Waals surface area contributed by atoms with Gasteiger partial charge in [-0.2, -0.15) is 8.42 Å². The van der Waals surface area contributed by atoms with Gasteiger partial charge < -0.3 is 14.4 Å². The van der Waals surface area contributed by atoms with Gasteiger partial charge in [0.25, 0.3) is 10.1 Å². The Kier molecular flexibility index (Phi) is 8.34. The van der Waals surface area contributed by atoms with Gasteiger partial charge in [-0.1, -0.05) is 23.7 Å². The largest absolute Gasteiger partial charge is 0.444 e. The van der Waals surface area contributed by atoms with Crippen molar-refractivity contribution < 1.29 is 26.9 Å². The summed E-state index contributed by atoms with van der Waals surface area (Å²) in [7, 11) is -3.53. The molecule has 0 saturated carbocycles. The van der Waals surface area contributed by atoms with Crippen LogP contribution in [0.25, 0.3) is 0 Å². The molecule has 9 heteroatoms. The molecule has 1 heterocycles. The fourth-order valence-corrected chi connectivity index (χ4v) is 3.87. The number of hydrogen-bond acceptors (Lipinski definition) is 6. The quantitative estimate of drug-likeness (QED) is 0.463. The van der Waals surface area contributed by atoms with Crippen LogP contribution in [-0.2, 0) is 23.8 Å². The number of halogens is 1. The summed E-state index contributed by atoms with van der Waals surface area (Å²) in [6, 6.07) is 7.37. The predicted molar refractivity (Wildman–Crippen MR) is 111 cm³/mol. The van der Waals surface area contributed by atoms with Crippen molar-refractivity contribution in [2.75, 3.05) is 32.6 Å². The molecule has 0 bridgehead atoms. The lowest BCUT2D eigenvalue weighted by molar-refractivity contribution is -0.0322. The topological polar surface area (TPSA) is 82.1 Å². The highest BCUT2D eigenvalue weighted by atomic mass is 35.5. The maximum absolute atomic E-state index is 12.5. The highest BCUT2D eigenvalue weighted by molar-refractivity contribution is 7.85. The fraction of sp³-hybridized carbons (Fsp3) is 0.650. The SMILES string of the molecule is CC(C)(C)OC(=O)N1CCC[C@@H]([C@@H](OCCOS(C)(=O)=O)c2cccc(Cl)c2)C1. The van der Waals surface area contributed by atoms with Crippen LogP contribution >= 0.6 is 11.6 Å². The van der Waals surface area contributed by atoms with Crippen LogP contribution in [0.5, 0.6) is 0 Å². The monoisotopic (exact) mass is 447 g/mol. The molecule has 2 rings (SSSR count). The second kappa shape index (κ2) is 10.1. The molecule has 0 aromatic heterocycles. The second-order valence-electron chi connectivity index (χ2n) is 8.20. The van der Waals surface area contributed by atoms with Gasteiger partial charge >= 0.3 is 6.09 Å². The standard InChI is InChI=1S/C20H30ClNO6S/c1-20(2,3)28-19(23)22-10-6-8-16(14-22)18(15-7-5-9-17(21)13-15)26-11-12-27-29(4,24)25/h5,7,9,13,16,18H,6,8,10-12,14H2,1-4H3/t16-,18+/m1/s1. The number of piperidine rings is 1. The first-order valence-electron chi connectivity index (χ1n) is 9.64. The summed E-state index contributed by atoms with van der Waals surface area (Å²) in [5, 5.41) is 0.586. The van der Waals surface area contributed by atoms with Gasteiger partial charge in [-0.15, -0.1) is 0 Å². The highest BCUT2D eigenvalue weighted by Crippen LogP contribution is 2.34. The molecule has 164 valence electrons. The molecule has 1 fully saturated rings. The molecule has 1 aliphatic heterocycles. The van der Waals surface area contributed by atoms with Crippen molar-refractivity contribution in [3.8, 4) is 0 Å². The first-order valence-corrected chi connectivity index (χ1v) is 11.8. The van der Waals surface area contributed by atoms with Gasteiger partial charge in [-0.3, -0.25) is 4.18 Å². The second-order valence-corrected chi connectivity index (χ2v) is 10.3. The van der Waals surface area contributed by atoms with Gasteiger partial charge in [-0.05, 0) is 51.3 Å². The lowest BCUT2D eigenvalue weighted by Gasteiger charge is -2.37. The molecule has 1 saturated heterocycles. The van der Waals surface area contributed by atoms with E-state index in [1.165, 1.54) is 0 Å². The Bertz CT molecular complexity index is 792. The van der Waals surface area contributed by atoms with E-state index in [0.29, 0.717) is 18.1 Å².